The van der Waals surface area contributed by atoms with Crippen LogP contribution in [0.25, 0.3) is 23.3 Å². The Hall–Kier alpha value is -3.13. The molecule has 0 saturated carbocycles. The molecule has 1 N–H and O–H groups in total. The molecule has 0 bridgehead atoms. The molecule has 0 aromatic heterocycles. The molecule has 0 radical (unpaired) electrons. The fourth-order valence-electron chi connectivity index (χ4n) is 4.70. The third-order valence-corrected chi connectivity index (χ3v) is 10.2. The number of allylic oxidation sites excluding steroid dienone is 1. The van der Waals surface area contributed by atoms with Crippen LogP contribution in [0, 0.1) is 0 Å². The topological polar surface area (TPSA) is 74.7 Å². The molecular formula is C29H27NO4S2. The van der Waals surface area contributed by atoms with Crippen molar-refractivity contribution in [3.63, 3.8) is 0 Å². The number of benzene rings is 3. The second kappa shape index (κ2) is 10.1. The van der Waals surface area contributed by atoms with E-state index in [0.717, 1.165) is 25.9 Å². The van der Waals surface area contributed by atoms with Gasteiger partial charge in [-0.3, -0.25) is 4.79 Å². The van der Waals surface area contributed by atoms with E-state index < -0.39 is 22.0 Å². The largest absolute Gasteiger partial charge is 0.480 e. The van der Waals surface area contributed by atoms with Gasteiger partial charge in [-0.25, -0.2) is 8.42 Å². The maximum absolute atomic E-state index is 13.0. The lowest BCUT2D eigenvalue weighted by Gasteiger charge is -2.24. The fourth-order valence-corrected chi connectivity index (χ4v) is 8.55. The van der Waals surface area contributed by atoms with Crippen LogP contribution in [-0.4, -0.2) is 36.4 Å². The van der Waals surface area contributed by atoms with Crippen LogP contribution in [-0.2, 0) is 14.8 Å². The number of hydrogen-bond acceptors (Lipinski definition) is 4. The van der Waals surface area contributed by atoms with Gasteiger partial charge in [-0.05, 0) is 34.2 Å². The summed E-state index contributed by atoms with van der Waals surface area (Å²) in [4.78, 5) is 12.7. The van der Waals surface area contributed by atoms with Gasteiger partial charge in [0, 0.05) is 23.1 Å². The summed E-state index contributed by atoms with van der Waals surface area (Å²) < 4.78 is 27.2. The van der Waals surface area contributed by atoms with Crippen molar-refractivity contribution in [3.05, 3.63) is 105 Å². The molecule has 5 nitrogen and oxygen atoms in total. The molecule has 2 atom stereocenters. The number of carboxylic acids is 1. The molecule has 7 heteroatoms. The Balaban J connectivity index is 1.23. The highest BCUT2D eigenvalue weighted by Gasteiger charge is 2.47. The van der Waals surface area contributed by atoms with Crippen molar-refractivity contribution in [3.8, 4) is 11.1 Å². The molecule has 3 aromatic rings. The lowest BCUT2D eigenvalue weighted by molar-refractivity contribution is -0.141. The number of carboxylic acid groups (broad SMARTS) is 1. The van der Waals surface area contributed by atoms with Gasteiger partial charge in [0.1, 0.15) is 6.04 Å². The summed E-state index contributed by atoms with van der Waals surface area (Å²) >= 11 is 1.54. The van der Waals surface area contributed by atoms with Crippen LogP contribution in [0.1, 0.15) is 41.7 Å². The van der Waals surface area contributed by atoms with E-state index in [1.165, 1.54) is 11.1 Å². The van der Waals surface area contributed by atoms with Crippen molar-refractivity contribution in [2.75, 3.05) is 6.54 Å². The molecule has 0 aliphatic carbocycles. The van der Waals surface area contributed by atoms with Crippen LogP contribution in [0.4, 0.5) is 0 Å². The van der Waals surface area contributed by atoms with Crippen molar-refractivity contribution in [2.45, 2.75) is 31.1 Å². The molecule has 2 aliphatic rings. The van der Waals surface area contributed by atoms with Crippen LogP contribution in [0.5, 0.6) is 0 Å². The van der Waals surface area contributed by atoms with Gasteiger partial charge in [-0.1, -0.05) is 97.9 Å². The van der Waals surface area contributed by atoms with Crippen LogP contribution in [0.3, 0.4) is 0 Å². The van der Waals surface area contributed by atoms with Gasteiger partial charge in [-0.2, -0.15) is 4.31 Å². The number of nitrogens with zero attached hydrogens (tertiary/aromatic N) is 1. The Morgan fingerprint density at radius 2 is 1.56 bits per heavy atom. The minimum atomic E-state index is -3.73. The van der Waals surface area contributed by atoms with Gasteiger partial charge >= 0.3 is 5.97 Å². The standard InChI is InChI=1S/C29H27NO4S2/c1-2-25(29(31)32)30-19-27-28(36(30,33)34)18-26(35-27)24-16-12-21(13-17-24)9-8-20-10-14-23(15-11-20)22-6-4-3-5-7-22/h3-17,25-26H,2,18-19H2,1H3,(H,31,32)/b9-8+. The average molecular weight is 518 g/mol. The van der Waals surface area contributed by atoms with E-state index in [1.54, 1.807) is 18.7 Å². The first-order valence-corrected chi connectivity index (χ1v) is 14.3. The summed E-state index contributed by atoms with van der Waals surface area (Å²) in [5, 5.41) is 9.45. The van der Waals surface area contributed by atoms with Crippen LogP contribution >= 0.6 is 11.8 Å². The van der Waals surface area contributed by atoms with E-state index in [1.807, 2.05) is 30.3 Å². The van der Waals surface area contributed by atoms with Gasteiger partial charge in [0.2, 0.25) is 10.0 Å². The molecular weight excluding hydrogens is 490 g/mol. The van der Waals surface area contributed by atoms with Gasteiger partial charge in [-0.15, -0.1) is 11.8 Å². The lowest BCUT2D eigenvalue weighted by Crippen LogP contribution is -2.42. The zero-order valence-corrected chi connectivity index (χ0v) is 21.5. The van der Waals surface area contributed by atoms with Crippen LogP contribution in [0.15, 0.2) is 88.7 Å². The number of aliphatic carboxylic acids is 1. The Kier molecular flexibility index (Phi) is 6.88. The second-order valence-corrected chi connectivity index (χ2v) is 12.2. The van der Waals surface area contributed by atoms with Crippen LogP contribution in [0.2, 0.25) is 0 Å². The molecule has 2 aliphatic heterocycles. The Bertz CT molecular complexity index is 1430. The van der Waals surface area contributed by atoms with Gasteiger partial charge in [0.25, 0.3) is 0 Å². The summed E-state index contributed by atoms with van der Waals surface area (Å²) in [6.45, 7) is 1.86. The highest BCUT2D eigenvalue weighted by atomic mass is 32.2. The minimum Gasteiger partial charge on any atom is -0.480 e. The number of carbonyl (C=O) groups is 1. The number of hydrogen-bond donors (Lipinski definition) is 1. The Morgan fingerprint density at radius 1 is 0.972 bits per heavy atom. The van der Waals surface area contributed by atoms with E-state index in [0.29, 0.717) is 11.3 Å². The maximum atomic E-state index is 13.0. The molecule has 2 heterocycles. The zero-order chi connectivity index (χ0) is 25.3. The van der Waals surface area contributed by atoms with E-state index in [-0.39, 0.29) is 18.2 Å². The lowest BCUT2D eigenvalue weighted by atomic mass is 10.0. The third kappa shape index (κ3) is 4.78. The highest BCUT2D eigenvalue weighted by molar-refractivity contribution is 8.05. The Labute approximate surface area is 216 Å². The van der Waals surface area contributed by atoms with E-state index in [4.69, 9.17) is 0 Å². The molecule has 36 heavy (non-hydrogen) atoms. The van der Waals surface area contributed by atoms with E-state index >= 15 is 0 Å². The molecule has 0 saturated heterocycles. The first-order chi connectivity index (χ1) is 17.4. The van der Waals surface area contributed by atoms with Crippen molar-refractivity contribution in [1.29, 1.82) is 0 Å². The fraction of sp³-hybridized carbons (Fsp3) is 0.207. The number of sulfonamides is 1. The summed E-state index contributed by atoms with van der Waals surface area (Å²) in [6.07, 6.45) is 4.80. The molecule has 2 unspecified atom stereocenters. The average Bonchev–Trinajstić information content (AvgIpc) is 3.42. The molecule has 184 valence electrons. The summed E-state index contributed by atoms with van der Waals surface area (Å²) in [5.74, 6) is -1.10. The van der Waals surface area contributed by atoms with Gasteiger partial charge in [0.05, 0.1) is 4.91 Å². The minimum absolute atomic E-state index is 0.0281. The number of rotatable bonds is 7. The van der Waals surface area contributed by atoms with Crippen molar-refractivity contribution in [1.82, 2.24) is 4.31 Å². The molecule has 3 aromatic carbocycles. The SMILES string of the molecule is CCC(C(=O)O)N1CC2=C(CC(c3ccc(/C=C/c4ccc(-c5ccccc5)cc4)cc3)S2)S1(=O)=O. The summed E-state index contributed by atoms with van der Waals surface area (Å²) in [7, 11) is -3.73. The van der Waals surface area contributed by atoms with Gasteiger partial charge in [0.15, 0.2) is 0 Å². The summed E-state index contributed by atoms with van der Waals surface area (Å²) in [6, 6.07) is 25.9. The van der Waals surface area contributed by atoms with Crippen molar-refractivity contribution >= 4 is 39.9 Å². The van der Waals surface area contributed by atoms with Gasteiger partial charge < -0.3 is 5.11 Å². The first kappa shape index (κ1) is 24.6. The monoisotopic (exact) mass is 517 g/mol. The van der Waals surface area contributed by atoms with Crippen molar-refractivity contribution < 1.29 is 18.3 Å². The van der Waals surface area contributed by atoms with E-state index in [9.17, 15) is 18.3 Å². The zero-order valence-electron chi connectivity index (χ0n) is 19.9. The molecule has 5 rings (SSSR count). The molecule has 0 spiro atoms. The normalized spacial score (nSPS) is 20.1. The maximum Gasteiger partial charge on any atom is 0.322 e. The van der Waals surface area contributed by atoms with Crippen LogP contribution < -0.4 is 0 Å². The molecule has 0 amide bonds. The number of thioether (sulfide) groups is 1. The predicted molar refractivity (Wildman–Crippen MR) is 147 cm³/mol. The second-order valence-electron chi connectivity index (χ2n) is 8.96. The summed E-state index contributed by atoms with van der Waals surface area (Å²) in [5.41, 5.74) is 5.64. The van der Waals surface area contributed by atoms with E-state index in [2.05, 4.69) is 60.7 Å². The predicted octanol–water partition coefficient (Wildman–Crippen LogP) is 6.42. The first-order valence-electron chi connectivity index (χ1n) is 11.9. The quantitative estimate of drug-likeness (QED) is 0.366. The molecule has 0 fully saturated rings. The highest BCUT2D eigenvalue weighted by Crippen LogP contribution is 2.53. The van der Waals surface area contributed by atoms with Crippen molar-refractivity contribution in [2.24, 2.45) is 0 Å². The third-order valence-electron chi connectivity index (χ3n) is 6.70. The smallest absolute Gasteiger partial charge is 0.322 e. The Morgan fingerprint density at radius 3 is 2.11 bits per heavy atom.